The van der Waals surface area contributed by atoms with Gasteiger partial charge in [-0.05, 0) is 27.7 Å². The van der Waals surface area contributed by atoms with Crippen LogP contribution in [0, 0.1) is 0 Å². The second-order valence-corrected chi connectivity index (χ2v) is 3.31. The van der Waals surface area contributed by atoms with Crippen LogP contribution in [-0.4, -0.2) is 27.7 Å². The minimum Gasteiger partial charge on any atom is -0.369 e. The van der Waals surface area contributed by atoms with Crippen molar-refractivity contribution in [3.63, 3.8) is 0 Å². The molecule has 4 heteroatoms. The van der Waals surface area contributed by atoms with Gasteiger partial charge in [-0.1, -0.05) is 0 Å². The molecule has 2 N–H and O–H groups in total. The maximum atomic E-state index is 9.04. The molecule has 0 aromatic heterocycles. The zero-order valence-corrected chi connectivity index (χ0v) is 7.29. The first-order valence-corrected chi connectivity index (χ1v) is 3.34. The Labute approximate surface area is 66.3 Å². The molecule has 0 fully saturated rings. The van der Waals surface area contributed by atoms with Gasteiger partial charge in [0.1, 0.15) is 0 Å². The molecule has 0 saturated carbocycles. The van der Waals surface area contributed by atoms with Gasteiger partial charge in [0.25, 0.3) is 0 Å². The Hall–Kier alpha value is -0.700. The number of aliphatic hydroxyl groups is 2. The first-order valence-electron chi connectivity index (χ1n) is 3.34. The lowest BCUT2D eigenvalue weighted by Crippen LogP contribution is -2.16. The molecule has 0 spiro atoms. The Morgan fingerprint density at radius 1 is 0.909 bits per heavy atom. The molecular weight excluding hydrogens is 144 g/mol. The maximum absolute atomic E-state index is 9.04. The van der Waals surface area contributed by atoms with E-state index in [2.05, 4.69) is 16.0 Å². The molecule has 0 unspecified atom stereocenters. The highest BCUT2D eigenvalue weighted by molar-refractivity contribution is 5.42. The van der Waals surface area contributed by atoms with Crippen LogP contribution in [0.15, 0.2) is 9.98 Å². The monoisotopic (exact) mass is 158 g/mol. The molecule has 0 bridgehead atoms. The third kappa shape index (κ3) is 9.30. The van der Waals surface area contributed by atoms with Crippen LogP contribution in [0.4, 0.5) is 0 Å². The number of nitrogens with zero attached hydrogens (tertiary/aromatic N) is 2. The maximum Gasteiger partial charge on any atom is 0.160 e. The summed E-state index contributed by atoms with van der Waals surface area (Å²) in [5.74, 6) is 0. The van der Waals surface area contributed by atoms with Gasteiger partial charge >= 0.3 is 0 Å². The van der Waals surface area contributed by atoms with Gasteiger partial charge in [0.2, 0.25) is 0 Å². The Kier molecular flexibility index (Phi) is 2.93. The minimum absolute atomic E-state index is 1.17. The molecule has 0 aliphatic heterocycles. The normalized spacial score (nSPS) is 12.2. The van der Waals surface area contributed by atoms with Gasteiger partial charge in [0, 0.05) is 0 Å². The summed E-state index contributed by atoms with van der Waals surface area (Å²) in [5.41, 5.74) is -2.34. The number of rotatable bonds is 2. The summed E-state index contributed by atoms with van der Waals surface area (Å²) in [5, 5.41) is 18.1. The van der Waals surface area contributed by atoms with E-state index in [1.165, 1.54) is 27.7 Å². The van der Waals surface area contributed by atoms with E-state index >= 15 is 0 Å². The zero-order chi connectivity index (χ0) is 9.12. The van der Waals surface area contributed by atoms with Crippen LogP contribution in [-0.2, 0) is 0 Å². The molecule has 0 aromatic carbocycles. The van der Waals surface area contributed by atoms with Crippen molar-refractivity contribution >= 4 is 6.01 Å². The SMILES string of the molecule is CC(C)(O)N=C=NC(C)(C)O. The Morgan fingerprint density at radius 2 is 1.18 bits per heavy atom. The van der Waals surface area contributed by atoms with E-state index < -0.39 is 11.4 Å². The Morgan fingerprint density at radius 3 is 1.36 bits per heavy atom. The highest BCUT2D eigenvalue weighted by atomic mass is 16.3. The third-order valence-corrected chi connectivity index (χ3v) is 0.647. The summed E-state index contributed by atoms with van der Waals surface area (Å²) in [6.07, 6.45) is 0. The van der Waals surface area contributed by atoms with Gasteiger partial charge in [-0.2, -0.15) is 9.98 Å². The van der Waals surface area contributed by atoms with Crippen LogP contribution in [0.5, 0.6) is 0 Å². The van der Waals surface area contributed by atoms with Gasteiger partial charge in [-0.15, -0.1) is 0 Å². The molecule has 0 aliphatic carbocycles. The molecule has 0 amide bonds. The van der Waals surface area contributed by atoms with Crippen molar-refractivity contribution < 1.29 is 10.2 Å². The molecule has 0 saturated heterocycles. The lowest BCUT2D eigenvalue weighted by atomic mass is 10.3. The van der Waals surface area contributed by atoms with Crippen molar-refractivity contribution in [3.05, 3.63) is 0 Å². The molecular formula is C7H14N2O2. The highest BCUT2D eigenvalue weighted by Gasteiger charge is 2.09. The molecule has 11 heavy (non-hydrogen) atoms. The number of hydrogen-bond acceptors (Lipinski definition) is 4. The van der Waals surface area contributed by atoms with E-state index in [0.29, 0.717) is 0 Å². The summed E-state index contributed by atoms with van der Waals surface area (Å²) in [4.78, 5) is 7.04. The fraction of sp³-hybridized carbons (Fsp3) is 0.857. The van der Waals surface area contributed by atoms with Crippen LogP contribution >= 0.6 is 0 Å². The molecule has 64 valence electrons. The molecule has 0 radical (unpaired) electrons. The molecule has 0 aromatic rings. The average Bonchev–Trinajstić information content (AvgIpc) is 1.55. The van der Waals surface area contributed by atoms with Crippen LogP contribution in [0.1, 0.15) is 27.7 Å². The second-order valence-electron chi connectivity index (χ2n) is 3.31. The summed E-state index contributed by atoms with van der Waals surface area (Å²) in [6.45, 7) is 6.00. The van der Waals surface area contributed by atoms with Crippen molar-refractivity contribution in [2.45, 2.75) is 39.1 Å². The molecule has 0 rings (SSSR count). The van der Waals surface area contributed by atoms with Gasteiger partial charge in [0.15, 0.2) is 11.4 Å². The quantitative estimate of drug-likeness (QED) is 0.578. The largest absolute Gasteiger partial charge is 0.369 e. The van der Waals surface area contributed by atoms with Crippen LogP contribution in [0.3, 0.4) is 0 Å². The van der Waals surface area contributed by atoms with E-state index in [-0.39, 0.29) is 0 Å². The van der Waals surface area contributed by atoms with Crippen molar-refractivity contribution in [2.75, 3.05) is 0 Å². The van der Waals surface area contributed by atoms with E-state index in [1.807, 2.05) is 0 Å². The van der Waals surface area contributed by atoms with E-state index in [1.54, 1.807) is 0 Å². The van der Waals surface area contributed by atoms with Gasteiger partial charge in [-0.3, -0.25) is 0 Å². The first kappa shape index (κ1) is 10.3. The fourth-order valence-corrected chi connectivity index (χ4v) is 0.270. The van der Waals surface area contributed by atoms with Crippen LogP contribution < -0.4 is 0 Å². The smallest absolute Gasteiger partial charge is 0.160 e. The number of hydrogen-bond donors (Lipinski definition) is 2. The number of aliphatic imine (C=N–C) groups is 2. The fourth-order valence-electron chi connectivity index (χ4n) is 0.270. The van der Waals surface area contributed by atoms with Gasteiger partial charge in [-0.25, -0.2) is 0 Å². The minimum atomic E-state index is -1.17. The summed E-state index contributed by atoms with van der Waals surface area (Å²) >= 11 is 0. The van der Waals surface area contributed by atoms with E-state index in [9.17, 15) is 0 Å². The lowest BCUT2D eigenvalue weighted by molar-refractivity contribution is 0.0865. The Balaban J connectivity index is 4.25. The van der Waals surface area contributed by atoms with Crippen molar-refractivity contribution in [1.29, 1.82) is 0 Å². The molecule has 0 heterocycles. The van der Waals surface area contributed by atoms with Crippen molar-refractivity contribution in [1.82, 2.24) is 0 Å². The average molecular weight is 158 g/mol. The third-order valence-electron chi connectivity index (χ3n) is 0.647. The van der Waals surface area contributed by atoms with Crippen molar-refractivity contribution in [2.24, 2.45) is 9.98 Å². The van der Waals surface area contributed by atoms with Crippen LogP contribution in [0.25, 0.3) is 0 Å². The standard InChI is InChI=1S/C7H14N2O2/c1-6(2,10)8-5-9-7(3,4)11/h10-11H,1-4H3. The van der Waals surface area contributed by atoms with Gasteiger partial charge in [0.05, 0.1) is 6.01 Å². The summed E-state index contributed by atoms with van der Waals surface area (Å²) in [7, 11) is 0. The zero-order valence-electron chi connectivity index (χ0n) is 7.29. The van der Waals surface area contributed by atoms with E-state index in [0.717, 1.165) is 0 Å². The topological polar surface area (TPSA) is 65.2 Å². The molecule has 0 atom stereocenters. The first-order chi connectivity index (χ1) is 4.71. The van der Waals surface area contributed by atoms with E-state index in [4.69, 9.17) is 10.2 Å². The Bertz CT molecular complexity index is 162. The second kappa shape index (κ2) is 3.13. The highest BCUT2D eigenvalue weighted by Crippen LogP contribution is 2.02. The van der Waals surface area contributed by atoms with Gasteiger partial charge < -0.3 is 10.2 Å². The predicted molar refractivity (Wildman–Crippen MR) is 42.5 cm³/mol. The summed E-state index contributed by atoms with van der Waals surface area (Å²) < 4.78 is 0. The lowest BCUT2D eigenvalue weighted by Gasteiger charge is -2.08. The van der Waals surface area contributed by atoms with Crippen molar-refractivity contribution in [3.8, 4) is 0 Å². The molecule has 4 nitrogen and oxygen atoms in total. The molecule has 0 aliphatic rings. The summed E-state index contributed by atoms with van der Waals surface area (Å²) in [6, 6.07) is 2.22. The predicted octanol–water partition coefficient (Wildman–Crippen LogP) is 0.617. The van der Waals surface area contributed by atoms with Crippen LogP contribution in [0.2, 0.25) is 0 Å².